The number of furan rings is 1. The summed E-state index contributed by atoms with van der Waals surface area (Å²) >= 11 is 0. The minimum Gasteiger partial charge on any atom is -0.454 e. The first-order valence-electron chi connectivity index (χ1n) is 20.9. The van der Waals surface area contributed by atoms with Gasteiger partial charge in [0, 0.05) is 38.2 Å². The number of fused-ring (bicyclic) bond motifs is 7. The molecule has 0 atom stereocenters. The highest BCUT2D eigenvalue weighted by atomic mass is 16.3. The summed E-state index contributed by atoms with van der Waals surface area (Å²) in [6.07, 6.45) is 0. The third-order valence-corrected chi connectivity index (χ3v) is 12.2. The number of hydrogen-bond donors (Lipinski definition) is 0. The van der Waals surface area contributed by atoms with E-state index in [1.807, 2.05) is 6.07 Å². The van der Waals surface area contributed by atoms with Gasteiger partial charge in [0.1, 0.15) is 5.58 Å². The molecule has 0 unspecified atom stereocenters. The van der Waals surface area contributed by atoms with E-state index in [4.69, 9.17) is 4.42 Å². The molecule has 0 saturated carbocycles. The van der Waals surface area contributed by atoms with Gasteiger partial charge in [-0.25, -0.2) is 0 Å². The van der Waals surface area contributed by atoms with Crippen LogP contribution in [0, 0.1) is 0 Å². The first-order valence-corrected chi connectivity index (χ1v) is 20.9. The van der Waals surface area contributed by atoms with Crippen LogP contribution < -0.4 is 4.90 Å². The Morgan fingerprint density at radius 1 is 0.328 bits per heavy atom. The first-order chi connectivity index (χ1) is 30.3. The molecule has 3 heteroatoms. The number of rotatable bonds is 7. The van der Waals surface area contributed by atoms with E-state index < -0.39 is 0 Å². The Bertz CT molecular complexity index is 3580. The van der Waals surface area contributed by atoms with Gasteiger partial charge >= 0.3 is 0 Å². The van der Waals surface area contributed by atoms with E-state index in [1.54, 1.807) is 0 Å². The molecule has 12 aromatic rings. The van der Waals surface area contributed by atoms with E-state index in [1.165, 1.54) is 43.9 Å². The summed E-state index contributed by atoms with van der Waals surface area (Å²) < 4.78 is 9.23. The second kappa shape index (κ2) is 14.3. The van der Waals surface area contributed by atoms with Gasteiger partial charge in [0.15, 0.2) is 5.58 Å². The van der Waals surface area contributed by atoms with Crippen molar-refractivity contribution >= 4 is 71.6 Å². The summed E-state index contributed by atoms with van der Waals surface area (Å²) in [6, 6.07) is 82.9. The standard InChI is InChI=1S/C58H38N2O/c1-4-18-39(19-5-1)41-34-36-53(50(38-41)40-20-6-2-7-21-40)60(55-32-17-29-48-46-26-13-15-33-56(46)61-58(48)55)52-37-35-44(43-24-10-11-25-45(43)52)47-28-16-31-54-57(47)49-27-12-14-30-51(49)59(54)42-22-8-3-9-23-42/h1-38H. The lowest BCUT2D eigenvalue weighted by atomic mass is 9.92. The topological polar surface area (TPSA) is 21.3 Å². The summed E-state index contributed by atoms with van der Waals surface area (Å²) in [6.45, 7) is 0. The molecule has 0 amide bonds. The highest BCUT2D eigenvalue weighted by molar-refractivity contribution is 6.20. The van der Waals surface area contributed by atoms with Crippen molar-refractivity contribution in [3.05, 3.63) is 231 Å². The Kier molecular flexibility index (Phi) is 8.17. The van der Waals surface area contributed by atoms with Crippen LogP contribution in [-0.2, 0) is 0 Å². The van der Waals surface area contributed by atoms with Crippen LogP contribution in [0.2, 0.25) is 0 Å². The molecule has 0 radical (unpaired) electrons. The first kappa shape index (κ1) is 34.9. The Morgan fingerprint density at radius 2 is 0.934 bits per heavy atom. The average Bonchev–Trinajstić information content (AvgIpc) is 3.89. The molecular formula is C58H38N2O. The van der Waals surface area contributed by atoms with E-state index in [0.717, 1.165) is 66.8 Å². The molecule has 2 heterocycles. The Morgan fingerprint density at radius 3 is 1.74 bits per heavy atom. The maximum absolute atomic E-state index is 6.84. The Balaban J connectivity index is 1.15. The van der Waals surface area contributed by atoms with Gasteiger partial charge in [-0.3, -0.25) is 0 Å². The normalized spacial score (nSPS) is 11.6. The molecule has 10 aromatic carbocycles. The predicted molar refractivity (Wildman–Crippen MR) is 257 cm³/mol. The molecule has 0 saturated heterocycles. The van der Waals surface area contributed by atoms with Crippen LogP contribution in [0.3, 0.4) is 0 Å². The van der Waals surface area contributed by atoms with Crippen molar-refractivity contribution in [1.29, 1.82) is 0 Å². The summed E-state index contributed by atoms with van der Waals surface area (Å²) in [5.74, 6) is 0. The zero-order valence-electron chi connectivity index (χ0n) is 33.2. The lowest BCUT2D eigenvalue weighted by Gasteiger charge is -2.30. The van der Waals surface area contributed by atoms with Crippen molar-refractivity contribution in [2.75, 3.05) is 4.90 Å². The molecule has 0 fully saturated rings. The quantitative estimate of drug-likeness (QED) is 0.161. The highest BCUT2D eigenvalue weighted by Gasteiger charge is 2.25. The maximum Gasteiger partial charge on any atom is 0.159 e. The Labute approximate surface area is 353 Å². The van der Waals surface area contributed by atoms with Gasteiger partial charge in [-0.2, -0.15) is 0 Å². The lowest BCUT2D eigenvalue weighted by molar-refractivity contribution is 0.669. The molecule has 0 aliphatic carbocycles. The number of aromatic nitrogens is 1. The van der Waals surface area contributed by atoms with E-state index in [2.05, 4.69) is 234 Å². The summed E-state index contributed by atoms with van der Waals surface area (Å²) in [5, 5.41) is 6.98. The molecule has 0 N–H and O–H groups in total. The molecular weight excluding hydrogens is 741 g/mol. The number of benzene rings is 10. The van der Waals surface area contributed by atoms with Gasteiger partial charge in [0.05, 0.1) is 28.1 Å². The maximum atomic E-state index is 6.84. The van der Waals surface area contributed by atoms with Gasteiger partial charge in [0.2, 0.25) is 0 Å². The number of nitrogens with zero attached hydrogens (tertiary/aromatic N) is 2. The largest absolute Gasteiger partial charge is 0.454 e. The monoisotopic (exact) mass is 778 g/mol. The molecule has 2 aromatic heterocycles. The van der Waals surface area contributed by atoms with Gasteiger partial charge in [-0.15, -0.1) is 0 Å². The molecule has 0 bridgehead atoms. The minimum atomic E-state index is 0.849. The SMILES string of the molecule is c1ccc(-c2ccc(N(c3ccc(-c4cccc5c4c4ccccc4n5-c4ccccc4)c4ccccc34)c3cccc4c3oc3ccccc34)c(-c3ccccc3)c2)cc1. The van der Waals surface area contributed by atoms with Crippen molar-refractivity contribution in [2.24, 2.45) is 0 Å². The van der Waals surface area contributed by atoms with E-state index in [9.17, 15) is 0 Å². The fourth-order valence-corrected chi connectivity index (χ4v) is 9.50. The van der Waals surface area contributed by atoms with Crippen LogP contribution in [0.25, 0.3) is 93.6 Å². The van der Waals surface area contributed by atoms with Gasteiger partial charge < -0.3 is 13.9 Å². The third-order valence-electron chi connectivity index (χ3n) is 12.2. The lowest BCUT2D eigenvalue weighted by Crippen LogP contribution is -2.12. The van der Waals surface area contributed by atoms with Crippen molar-refractivity contribution < 1.29 is 4.42 Å². The van der Waals surface area contributed by atoms with Crippen LogP contribution in [-0.4, -0.2) is 4.57 Å². The number of hydrogen-bond acceptors (Lipinski definition) is 2. The predicted octanol–water partition coefficient (Wildman–Crippen LogP) is 16.3. The molecule has 0 aliphatic rings. The van der Waals surface area contributed by atoms with Crippen molar-refractivity contribution in [1.82, 2.24) is 4.57 Å². The van der Waals surface area contributed by atoms with Crippen LogP contribution in [0.4, 0.5) is 17.1 Å². The molecule has 286 valence electrons. The second-order valence-electron chi connectivity index (χ2n) is 15.6. The fourth-order valence-electron chi connectivity index (χ4n) is 9.50. The molecule has 0 aliphatic heterocycles. The van der Waals surface area contributed by atoms with E-state index >= 15 is 0 Å². The molecule has 12 rings (SSSR count). The van der Waals surface area contributed by atoms with Gasteiger partial charge in [-0.05, 0) is 87.8 Å². The third kappa shape index (κ3) is 5.66. The van der Waals surface area contributed by atoms with Crippen molar-refractivity contribution in [2.45, 2.75) is 0 Å². The van der Waals surface area contributed by atoms with E-state index in [-0.39, 0.29) is 0 Å². The van der Waals surface area contributed by atoms with Crippen LogP contribution in [0.15, 0.2) is 235 Å². The molecule has 0 spiro atoms. The van der Waals surface area contributed by atoms with Gasteiger partial charge in [0.25, 0.3) is 0 Å². The average molecular weight is 779 g/mol. The fraction of sp³-hybridized carbons (Fsp3) is 0. The molecule has 3 nitrogen and oxygen atoms in total. The zero-order valence-corrected chi connectivity index (χ0v) is 33.2. The van der Waals surface area contributed by atoms with Gasteiger partial charge in [-0.1, -0.05) is 176 Å². The van der Waals surface area contributed by atoms with E-state index in [0.29, 0.717) is 0 Å². The van der Waals surface area contributed by atoms with Crippen molar-refractivity contribution in [3.8, 4) is 39.1 Å². The molecule has 61 heavy (non-hydrogen) atoms. The van der Waals surface area contributed by atoms with Crippen LogP contribution in [0.5, 0.6) is 0 Å². The summed E-state index contributed by atoms with van der Waals surface area (Å²) in [7, 11) is 0. The zero-order chi connectivity index (χ0) is 40.3. The van der Waals surface area contributed by atoms with Crippen LogP contribution in [0.1, 0.15) is 0 Å². The summed E-state index contributed by atoms with van der Waals surface area (Å²) in [5.41, 5.74) is 15.3. The number of anilines is 3. The number of para-hydroxylation sites is 4. The second-order valence-corrected chi connectivity index (χ2v) is 15.6. The minimum absolute atomic E-state index is 0.849. The Hall–Kier alpha value is -8.14. The van der Waals surface area contributed by atoms with Crippen LogP contribution >= 0.6 is 0 Å². The van der Waals surface area contributed by atoms with Crippen molar-refractivity contribution in [3.63, 3.8) is 0 Å². The smallest absolute Gasteiger partial charge is 0.159 e. The summed E-state index contributed by atoms with van der Waals surface area (Å²) in [4.78, 5) is 2.43. The highest BCUT2D eigenvalue weighted by Crippen LogP contribution is 2.50.